The molecular weight excluding hydrogens is 366 g/mol. The third-order valence-electron chi connectivity index (χ3n) is 4.83. The van der Waals surface area contributed by atoms with Crippen LogP contribution in [0.1, 0.15) is 50.5 Å². The molecule has 1 atom stereocenters. The van der Waals surface area contributed by atoms with E-state index < -0.39 is 6.04 Å². The van der Waals surface area contributed by atoms with Crippen molar-refractivity contribution in [3.63, 3.8) is 0 Å². The molecule has 152 valence electrons. The Balaban J connectivity index is 0.00000364. The van der Waals surface area contributed by atoms with Gasteiger partial charge in [-0.25, -0.2) is 0 Å². The highest BCUT2D eigenvalue weighted by atomic mass is 35.5. The Bertz CT molecular complexity index is 624. The number of nitrogens with two attached hydrogens (primary N) is 1. The monoisotopic (exact) mass is 397 g/mol. The minimum atomic E-state index is -0.392. The normalized spacial score (nSPS) is 16.0. The molecule has 0 spiro atoms. The van der Waals surface area contributed by atoms with Gasteiger partial charge in [0, 0.05) is 13.0 Å². The number of nitrogens with zero attached hydrogens (tertiary/aromatic N) is 1. The molecule has 0 bridgehead atoms. The zero-order chi connectivity index (χ0) is 18.9. The van der Waals surface area contributed by atoms with E-state index in [2.05, 4.69) is 5.32 Å². The smallest absolute Gasteiger partial charge is 0.247 e. The molecule has 0 aliphatic carbocycles. The molecule has 1 unspecified atom stereocenters. The predicted octanol–water partition coefficient (Wildman–Crippen LogP) is 3.26. The topological polar surface area (TPSA) is 84.7 Å². The Labute approximate surface area is 168 Å². The maximum absolute atomic E-state index is 12.7. The van der Waals surface area contributed by atoms with Crippen molar-refractivity contribution in [2.45, 2.75) is 57.9 Å². The largest absolute Gasteiger partial charge is 0.495 e. The first-order valence-electron chi connectivity index (χ1n) is 9.52. The molecule has 1 aliphatic rings. The second-order valence-corrected chi connectivity index (χ2v) is 6.89. The van der Waals surface area contributed by atoms with Crippen LogP contribution in [0, 0.1) is 6.92 Å². The number of methoxy groups -OCH3 is 1. The van der Waals surface area contributed by atoms with Crippen molar-refractivity contribution in [2.75, 3.05) is 25.5 Å². The van der Waals surface area contributed by atoms with E-state index >= 15 is 0 Å². The van der Waals surface area contributed by atoms with Gasteiger partial charge in [0.25, 0.3) is 0 Å². The molecule has 1 aromatic rings. The summed E-state index contributed by atoms with van der Waals surface area (Å²) in [7, 11) is 1.58. The quantitative estimate of drug-likeness (QED) is 0.626. The third-order valence-corrected chi connectivity index (χ3v) is 4.83. The average molecular weight is 398 g/mol. The van der Waals surface area contributed by atoms with E-state index in [4.69, 9.17) is 10.5 Å². The van der Waals surface area contributed by atoms with E-state index in [9.17, 15) is 9.59 Å². The summed E-state index contributed by atoms with van der Waals surface area (Å²) >= 11 is 0. The highest BCUT2D eigenvalue weighted by Crippen LogP contribution is 2.27. The fourth-order valence-electron chi connectivity index (χ4n) is 3.39. The number of halogens is 1. The molecule has 1 aliphatic heterocycles. The van der Waals surface area contributed by atoms with Gasteiger partial charge in [0.15, 0.2) is 0 Å². The van der Waals surface area contributed by atoms with Crippen molar-refractivity contribution in [1.29, 1.82) is 0 Å². The van der Waals surface area contributed by atoms with Crippen LogP contribution < -0.4 is 15.8 Å². The van der Waals surface area contributed by atoms with Gasteiger partial charge in [0.2, 0.25) is 11.8 Å². The van der Waals surface area contributed by atoms with Gasteiger partial charge in [-0.3, -0.25) is 9.59 Å². The summed E-state index contributed by atoms with van der Waals surface area (Å²) in [6.45, 7) is 3.32. The van der Waals surface area contributed by atoms with Gasteiger partial charge < -0.3 is 20.7 Å². The van der Waals surface area contributed by atoms with Crippen molar-refractivity contribution in [3.05, 3.63) is 23.8 Å². The lowest BCUT2D eigenvalue weighted by molar-refractivity contribution is -0.136. The molecule has 0 aromatic heterocycles. The first kappa shape index (κ1) is 23.2. The third kappa shape index (κ3) is 6.70. The summed E-state index contributed by atoms with van der Waals surface area (Å²) in [4.78, 5) is 27.0. The minimum absolute atomic E-state index is 0. The molecule has 1 aromatic carbocycles. The number of ether oxygens (including phenoxy) is 1. The number of carbonyl (C=O) groups is 2. The lowest BCUT2D eigenvalue weighted by Crippen LogP contribution is -2.43. The van der Waals surface area contributed by atoms with Crippen LogP contribution >= 0.6 is 12.4 Å². The highest BCUT2D eigenvalue weighted by Gasteiger charge is 2.33. The number of anilines is 1. The van der Waals surface area contributed by atoms with Crippen molar-refractivity contribution in [1.82, 2.24) is 4.90 Å². The Morgan fingerprint density at radius 1 is 1.26 bits per heavy atom. The van der Waals surface area contributed by atoms with Crippen LogP contribution in [0.5, 0.6) is 5.75 Å². The first-order valence-corrected chi connectivity index (χ1v) is 9.52. The number of amides is 2. The summed E-state index contributed by atoms with van der Waals surface area (Å²) in [6, 6.07) is 5.26. The number of nitrogens with one attached hydrogen (secondary N) is 1. The van der Waals surface area contributed by atoms with Crippen LogP contribution in [0.3, 0.4) is 0 Å². The number of benzene rings is 1. The number of aryl methyl sites for hydroxylation is 1. The van der Waals surface area contributed by atoms with Gasteiger partial charge in [0.1, 0.15) is 11.8 Å². The molecule has 0 radical (unpaired) electrons. The lowest BCUT2D eigenvalue weighted by Gasteiger charge is -2.24. The minimum Gasteiger partial charge on any atom is -0.495 e. The fraction of sp³-hybridized carbons (Fsp3) is 0.600. The first-order chi connectivity index (χ1) is 12.6. The van der Waals surface area contributed by atoms with Crippen LogP contribution in [0.4, 0.5) is 5.69 Å². The second kappa shape index (κ2) is 11.8. The van der Waals surface area contributed by atoms with E-state index in [1.54, 1.807) is 12.0 Å². The number of hydrogen-bond donors (Lipinski definition) is 2. The summed E-state index contributed by atoms with van der Waals surface area (Å²) in [6.07, 6.45) is 5.99. The zero-order valence-corrected chi connectivity index (χ0v) is 17.1. The van der Waals surface area contributed by atoms with E-state index in [-0.39, 0.29) is 24.2 Å². The van der Waals surface area contributed by atoms with Crippen LogP contribution in [-0.4, -0.2) is 43.0 Å². The molecule has 6 nitrogen and oxygen atoms in total. The molecule has 1 fully saturated rings. The number of likely N-dealkylation sites (tertiary alicyclic amines) is 1. The fourth-order valence-corrected chi connectivity index (χ4v) is 3.39. The van der Waals surface area contributed by atoms with Crippen LogP contribution in [0.2, 0.25) is 0 Å². The maximum Gasteiger partial charge on any atom is 0.247 e. The molecule has 1 saturated heterocycles. The summed E-state index contributed by atoms with van der Waals surface area (Å²) in [5, 5.41) is 2.94. The van der Waals surface area contributed by atoms with Crippen molar-refractivity contribution in [2.24, 2.45) is 5.73 Å². The van der Waals surface area contributed by atoms with E-state index in [1.807, 2.05) is 25.1 Å². The van der Waals surface area contributed by atoms with Gasteiger partial charge >= 0.3 is 0 Å². The Morgan fingerprint density at radius 2 is 2.00 bits per heavy atom. The van der Waals surface area contributed by atoms with Gasteiger partial charge in [-0.1, -0.05) is 18.9 Å². The van der Waals surface area contributed by atoms with Gasteiger partial charge in [-0.05, 0) is 56.8 Å². The Hall–Kier alpha value is -1.79. The number of unbranched alkanes of at least 4 members (excludes halogenated alkanes) is 3. The van der Waals surface area contributed by atoms with Crippen molar-refractivity contribution in [3.8, 4) is 5.75 Å². The Kier molecular flexibility index (Phi) is 10.2. The molecule has 27 heavy (non-hydrogen) atoms. The second-order valence-electron chi connectivity index (χ2n) is 6.89. The van der Waals surface area contributed by atoms with Crippen LogP contribution in [0.15, 0.2) is 18.2 Å². The van der Waals surface area contributed by atoms with Gasteiger partial charge in [-0.15, -0.1) is 12.4 Å². The highest BCUT2D eigenvalue weighted by molar-refractivity contribution is 5.98. The van der Waals surface area contributed by atoms with E-state index in [1.165, 1.54) is 0 Å². The predicted molar refractivity (Wildman–Crippen MR) is 110 cm³/mol. The van der Waals surface area contributed by atoms with Gasteiger partial charge in [0.05, 0.1) is 12.8 Å². The van der Waals surface area contributed by atoms with E-state index in [0.717, 1.165) is 37.7 Å². The molecule has 1 heterocycles. The molecular formula is C20H32ClN3O3. The molecule has 2 amide bonds. The summed E-state index contributed by atoms with van der Waals surface area (Å²) in [5.74, 6) is 0.564. The summed E-state index contributed by atoms with van der Waals surface area (Å²) < 4.78 is 5.32. The lowest BCUT2D eigenvalue weighted by atomic mass is 10.1. The number of hydrogen-bond acceptors (Lipinski definition) is 4. The van der Waals surface area contributed by atoms with Crippen LogP contribution in [0.25, 0.3) is 0 Å². The van der Waals surface area contributed by atoms with E-state index in [0.29, 0.717) is 37.4 Å². The van der Waals surface area contributed by atoms with Crippen LogP contribution in [-0.2, 0) is 9.59 Å². The van der Waals surface area contributed by atoms with Gasteiger partial charge in [-0.2, -0.15) is 0 Å². The molecule has 0 saturated carbocycles. The maximum atomic E-state index is 12.7. The zero-order valence-electron chi connectivity index (χ0n) is 16.3. The average Bonchev–Trinajstić information content (AvgIpc) is 3.11. The molecule has 2 rings (SSSR count). The standard InChI is InChI=1S/C20H31N3O3.ClH/c1-15-10-11-18(26-2)16(14-15)22-20(25)17-8-7-13-23(17)19(24)9-5-3-4-6-12-21;/h10-11,14,17H,3-9,12-13,21H2,1-2H3,(H,22,25);1H. The molecule has 7 heteroatoms. The molecule has 3 N–H and O–H groups in total. The Morgan fingerprint density at radius 3 is 2.70 bits per heavy atom. The number of rotatable bonds is 9. The SMILES string of the molecule is COc1ccc(C)cc1NC(=O)C1CCCN1C(=O)CCCCCCN.Cl. The summed E-state index contributed by atoms with van der Waals surface area (Å²) in [5.41, 5.74) is 7.18. The number of carbonyl (C=O) groups excluding carboxylic acids is 2. The van der Waals surface area contributed by atoms with Crippen molar-refractivity contribution >= 4 is 29.9 Å². The van der Waals surface area contributed by atoms with Crippen molar-refractivity contribution < 1.29 is 14.3 Å².